The molecule has 0 amide bonds. The molecule has 0 aromatic heterocycles. The lowest BCUT2D eigenvalue weighted by molar-refractivity contribution is 0.288. The van der Waals surface area contributed by atoms with Gasteiger partial charge in [-0.15, -0.1) is 0 Å². The van der Waals surface area contributed by atoms with Crippen LogP contribution in [-0.2, 0) is 6.42 Å². The highest BCUT2D eigenvalue weighted by molar-refractivity contribution is 5.46. The smallest absolute Gasteiger partial charge is 0.126 e. The lowest BCUT2D eigenvalue weighted by Crippen LogP contribution is -2.27. The Balaban J connectivity index is 1.90. The first kappa shape index (κ1) is 12.0. The SMILES string of the molecule is CNCC1CCCCC1c1cccc2c1OCC2. The molecule has 1 aliphatic heterocycles. The van der Waals surface area contributed by atoms with E-state index in [1.165, 1.54) is 42.6 Å². The molecule has 2 atom stereocenters. The van der Waals surface area contributed by atoms with Crippen LogP contribution in [0.2, 0.25) is 0 Å². The number of hydrogen-bond acceptors (Lipinski definition) is 2. The molecule has 0 radical (unpaired) electrons. The standard InChI is InChI=1S/C16H23NO/c1-17-11-13-5-2-3-7-14(13)15-8-4-6-12-9-10-18-16(12)15/h4,6,8,13-14,17H,2-3,5,7,9-11H2,1H3. The maximum atomic E-state index is 5.89. The summed E-state index contributed by atoms with van der Waals surface area (Å²) in [6.07, 6.45) is 6.53. The largest absolute Gasteiger partial charge is 0.493 e. The topological polar surface area (TPSA) is 21.3 Å². The number of rotatable bonds is 3. The minimum atomic E-state index is 0.694. The zero-order valence-electron chi connectivity index (χ0n) is 11.2. The minimum Gasteiger partial charge on any atom is -0.493 e. The first-order valence-corrected chi connectivity index (χ1v) is 7.29. The van der Waals surface area contributed by atoms with Crippen LogP contribution in [0.3, 0.4) is 0 Å². The highest BCUT2D eigenvalue weighted by Crippen LogP contribution is 2.43. The molecule has 1 aromatic carbocycles. The van der Waals surface area contributed by atoms with E-state index in [4.69, 9.17) is 4.74 Å². The van der Waals surface area contributed by atoms with E-state index in [0.29, 0.717) is 5.92 Å². The second kappa shape index (κ2) is 5.31. The second-order valence-electron chi connectivity index (χ2n) is 5.64. The summed E-state index contributed by atoms with van der Waals surface area (Å²) in [5.41, 5.74) is 2.89. The van der Waals surface area contributed by atoms with E-state index < -0.39 is 0 Å². The lowest BCUT2D eigenvalue weighted by Gasteiger charge is -2.32. The Hall–Kier alpha value is -1.02. The van der Waals surface area contributed by atoms with E-state index in [2.05, 4.69) is 30.6 Å². The molecule has 1 aromatic rings. The molecule has 1 heterocycles. The zero-order chi connectivity index (χ0) is 12.4. The Kier molecular flexibility index (Phi) is 3.55. The van der Waals surface area contributed by atoms with Crippen molar-refractivity contribution in [3.8, 4) is 5.75 Å². The summed E-state index contributed by atoms with van der Waals surface area (Å²) in [6.45, 7) is 2.00. The van der Waals surface area contributed by atoms with E-state index in [1.807, 2.05) is 0 Å². The molecule has 1 saturated carbocycles. The van der Waals surface area contributed by atoms with Gasteiger partial charge in [0.2, 0.25) is 0 Å². The van der Waals surface area contributed by atoms with Crippen molar-refractivity contribution in [1.29, 1.82) is 0 Å². The van der Waals surface area contributed by atoms with Crippen LogP contribution < -0.4 is 10.1 Å². The van der Waals surface area contributed by atoms with Gasteiger partial charge in [0.15, 0.2) is 0 Å². The summed E-state index contributed by atoms with van der Waals surface area (Å²) in [5, 5.41) is 3.36. The summed E-state index contributed by atoms with van der Waals surface area (Å²) in [7, 11) is 2.07. The molecular formula is C16H23NO. The highest BCUT2D eigenvalue weighted by atomic mass is 16.5. The number of ether oxygens (including phenoxy) is 1. The summed E-state index contributed by atoms with van der Waals surface area (Å²) in [5.74, 6) is 2.68. The molecule has 2 heteroatoms. The van der Waals surface area contributed by atoms with E-state index in [0.717, 1.165) is 25.5 Å². The van der Waals surface area contributed by atoms with Gasteiger partial charge in [-0.3, -0.25) is 0 Å². The Morgan fingerprint density at radius 1 is 1.28 bits per heavy atom. The van der Waals surface area contributed by atoms with E-state index in [1.54, 1.807) is 0 Å². The van der Waals surface area contributed by atoms with Gasteiger partial charge in [-0.25, -0.2) is 0 Å². The number of benzene rings is 1. The van der Waals surface area contributed by atoms with E-state index in [9.17, 15) is 0 Å². The van der Waals surface area contributed by atoms with E-state index in [-0.39, 0.29) is 0 Å². The van der Waals surface area contributed by atoms with Crippen molar-refractivity contribution in [3.63, 3.8) is 0 Å². The molecule has 2 unspecified atom stereocenters. The molecule has 18 heavy (non-hydrogen) atoms. The molecule has 0 spiro atoms. The van der Waals surface area contributed by atoms with Gasteiger partial charge >= 0.3 is 0 Å². The molecule has 3 rings (SSSR count). The number of fused-ring (bicyclic) bond motifs is 1. The fourth-order valence-corrected chi connectivity index (χ4v) is 3.66. The third-order valence-electron chi connectivity index (χ3n) is 4.52. The van der Waals surface area contributed by atoms with Crippen LogP contribution in [0, 0.1) is 5.92 Å². The Morgan fingerprint density at radius 2 is 2.17 bits per heavy atom. The van der Waals surface area contributed by atoms with Gasteiger partial charge in [0.25, 0.3) is 0 Å². The predicted molar refractivity (Wildman–Crippen MR) is 74.3 cm³/mol. The Bertz CT molecular complexity index is 414. The Labute approximate surface area is 110 Å². The normalized spacial score (nSPS) is 26.7. The van der Waals surface area contributed by atoms with Gasteiger partial charge in [0, 0.05) is 6.42 Å². The van der Waals surface area contributed by atoms with Crippen molar-refractivity contribution >= 4 is 0 Å². The van der Waals surface area contributed by atoms with Crippen LogP contribution in [0.25, 0.3) is 0 Å². The monoisotopic (exact) mass is 245 g/mol. The van der Waals surface area contributed by atoms with Crippen molar-refractivity contribution < 1.29 is 4.74 Å². The molecule has 0 saturated heterocycles. The van der Waals surface area contributed by atoms with Crippen LogP contribution in [-0.4, -0.2) is 20.2 Å². The maximum absolute atomic E-state index is 5.89. The van der Waals surface area contributed by atoms with Gasteiger partial charge in [0.05, 0.1) is 6.61 Å². The zero-order valence-corrected chi connectivity index (χ0v) is 11.2. The van der Waals surface area contributed by atoms with Crippen molar-refractivity contribution in [3.05, 3.63) is 29.3 Å². The maximum Gasteiger partial charge on any atom is 0.126 e. The molecule has 2 nitrogen and oxygen atoms in total. The van der Waals surface area contributed by atoms with Crippen molar-refractivity contribution in [2.75, 3.05) is 20.2 Å². The van der Waals surface area contributed by atoms with Crippen LogP contribution >= 0.6 is 0 Å². The summed E-state index contributed by atoms with van der Waals surface area (Å²) in [4.78, 5) is 0. The van der Waals surface area contributed by atoms with Gasteiger partial charge in [-0.05, 0) is 49.4 Å². The number of para-hydroxylation sites is 1. The number of nitrogens with one attached hydrogen (secondary N) is 1. The molecule has 1 aliphatic carbocycles. The first-order chi connectivity index (χ1) is 8.90. The third-order valence-corrected chi connectivity index (χ3v) is 4.52. The average molecular weight is 245 g/mol. The highest BCUT2D eigenvalue weighted by Gasteiger charge is 2.30. The Morgan fingerprint density at radius 3 is 3.06 bits per heavy atom. The van der Waals surface area contributed by atoms with Crippen LogP contribution in [0.4, 0.5) is 0 Å². The van der Waals surface area contributed by atoms with Gasteiger partial charge in [-0.2, -0.15) is 0 Å². The molecule has 0 bridgehead atoms. The second-order valence-corrected chi connectivity index (χ2v) is 5.64. The molecule has 1 N–H and O–H groups in total. The third kappa shape index (κ3) is 2.14. The van der Waals surface area contributed by atoms with E-state index >= 15 is 0 Å². The quantitative estimate of drug-likeness (QED) is 0.883. The van der Waals surface area contributed by atoms with Crippen LogP contribution in [0.1, 0.15) is 42.7 Å². The molecular weight excluding hydrogens is 222 g/mol. The van der Waals surface area contributed by atoms with Crippen molar-refractivity contribution in [2.45, 2.75) is 38.0 Å². The fourth-order valence-electron chi connectivity index (χ4n) is 3.66. The minimum absolute atomic E-state index is 0.694. The predicted octanol–water partition coefficient (Wildman–Crippen LogP) is 3.11. The van der Waals surface area contributed by atoms with Gasteiger partial charge < -0.3 is 10.1 Å². The average Bonchev–Trinajstić information content (AvgIpc) is 2.88. The summed E-state index contributed by atoms with van der Waals surface area (Å²) < 4.78 is 5.89. The van der Waals surface area contributed by atoms with Crippen LogP contribution in [0.5, 0.6) is 5.75 Å². The molecule has 1 fully saturated rings. The van der Waals surface area contributed by atoms with Gasteiger partial charge in [0.1, 0.15) is 5.75 Å². The summed E-state index contributed by atoms with van der Waals surface area (Å²) in [6, 6.07) is 6.73. The molecule has 98 valence electrons. The van der Waals surface area contributed by atoms with Gasteiger partial charge in [-0.1, -0.05) is 31.0 Å². The van der Waals surface area contributed by atoms with Crippen LogP contribution in [0.15, 0.2) is 18.2 Å². The fraction of sp³-hybridized carbons (Fsp3) is 0.625. The number of hydrogen-bond donors (Lipinski definition) is 1. The lowest BCUT2D eigenvalue weighted by atomic mass is 9.75. The first-order valence-electron chi connectivity index (χ1n) is 7.29. The van der Waals surface area contributed by atoms with Crippen molar-refractivity contribution in [2.24, 2.45) is 5.92 Å². The summed E-state index contributed by atoms with van der Waals surface area (Å²) >= 11 is 0. The molecule has 2 aliphatic rings. The van der Waals surface area contributed by atoms with Crippen molar-refractivity contribution in [1.82, 2.24) is 5.32 Å².